The first-order valence-electron chi connectivity index (χ1n) is 13.6. The quantitative estimate of drug-likeness (QED) is 0.202. The number of anilines is 1. The number of nitrogens with zero attached hydrogens (tertiary/aromatic N) is 4. The molecule has 47 heavy (non-hydrogen) atoms. The molecule has 2 heterocycles. The van der Waals surface area contributed by atoms with E-state index in [1.165, 1.54) is 91.1 Å². The lowest BCUT2D eigenvalue weighted by molar-refractivity contribution is -0.139. The molecule has 0 aliphatic rings. The van der Waals surface area contributed by atoms with Crippen LogP contribution in [0.5, 0.6) is 0 Å². The van der Waals surface area contributed by atoms with Crippen LogP contribution < -0.4 is 21.3 Å². The maximum atomic E-state index is 15.0. The summed E-state index contributed by atoms with van der Waals surface area (Å²) in [6.07, 6.45) is 5.42. The molecule has 3 N–H and O–H groups in total. The number of aromatic nitrogens is 4. The van der Waals surface area contributed by atoms with E-state index >= 15 is 0 Å². The van der Waals surface area contributed by atoms with Gasteiger partial charge in [-0.2, -0.15) is 0 Å². The number of carboxylic acids is 1. The zero-order valence-corrected chi connectivity index (χ0v) is 25.1. The highest BCUT2D eigenvalue weighted by Crippen LogP contribution is 2.25. The van der Waals surface area contributed by atoms with Gasteiger partial charge in [0.15, 0.2) is 0 Å². The average molecular weight is 663 g/mol. The maximum Gasteiger partial charge on any atom is 0.335 e. The second kappa shape index (κ2) is 13.1. The van der Waals surface area contributed by atoms with Gasteiger partial charge in [0, 0.05) is 49.8 Å². The Morgan fingerprint density at radius 2 is 1.57 bits per heavy atom. The standard InChI is InChI=1S/C31H24F2N6O7S/c1-38-11-10-28(40)39(31(38)44)21-6-2-18(3-7-21)12-27(30(42)43)36-29(41)23-13-25(33)26(14-24(23)32)37-47(45,46)22-8-4-19(5-9-22)20-15-34-17-35-16-20/h2-11,13-17,27,37H,12H2,1H3,(H,36,41)(H,42,43)/t27-/m0/s1. The van der Waals surface area contributed by atoms with Crippen molar-refractivity contribution in [2.24, 2.45) is 7.05 Å². The smallest absolute Gasteiger partial charge is 0.335 e. The number of aryl methyl sites for hydroxylation is 1. The van der Waals surface area contributed by atoms with Gasteiger partial charge < -0.3 is 15.0 Å². The number of benzene rings is 3. The highest BCUT2D eigenvalue weighted by atomic mass is 32.2. The lowest BCUT2D eigenvalue weighted by Gasteiger charge is -2.16. The van der Waals surface area contributed by atoms with Crippen molar-refractivity contribution in [3.63, 3.8) is 0 Å². The molecule has 0 spiro atoms. The van der Waals surface area contributed by atoms with E-state index in [0.29, 0.717) is 28.8 Å². The van der Waals surface area contributed by atoms with E-state index in [4.69, 9.17) is 0 Å². The van der Waals surface area contributed by atoms with Gasteiger partial charge in [-0.3, -0.25) is 14.3 Å². The summed E-state index contributed by atoms with van der Waals surface area (Å²) >= 11 is 0. The number of carboxylic acid groups (broad SMARTS) is 1. The van der Waals surface area contributed by atoms with Gasteiger partial charge in [-0.25, -0.2) is 41.3 Å². The van der Waals surface area contributed by atoms with E-state index in [1.807, 2.05) is 4.72 Å². The molecule has 0 aliphatic carbocycles. The molecule has 2 aromatic heterocycles. The van der Waals surface area contributed by atoms with Crippen molar-refractivity contribution in [1.29, 1.82) is 0 Å². The molecular formula is C31H24F2N6O7S. The molecule has 0 saturated carbocycles. The maximum absolute atomic E-state index is 15.0. The number of carbonyl (C=O) groups excluding carboxylic acids is 1. The molecule has 0 saturated heterocycles. The summed E-state index contributed by atoms with van der Waals surface area (Å²) in [5.74, 6) is -5.35. The molecule has 0 aliphatic heterocycles. The number of rotatable bonds is 10. The van der Waals surface area contributed by atoms with Crippen molar-refractivity contribution in [3.8, 4) is 16.8 Å². The van der Waals surface area contributed by atoms with Crippen molar-refractivity contribution < 1.29 is 31.9 Å². The molecule has 16 heteroatoms. The third-order valence-electron chi connectivity index (χ3n) is 7.00. The van der Waals surface area contributed by atoms with E-state index < -0.39 is 62.1 Å². The minimum atomic E-state index is -4.38. The van der Waals surface area contributed by atoms with Gasteiger partial charge in [0.1, 0.15) is 24.0 Å². The number of halogens is 2. The molecule has 5 aromatic rings. The number of nitrogens with one attached hydrogen (secondary N) is 2. The van der Waals surface area contributed by atoms with Crippen LogP contribution in [0.1, 0.15) is 15.9 Å². The van der Waals surface area contributed by atoms with Crippen molar-refractivity contribution in [3.05, 3.63) is 135 Å². The van der Waals surface area contributed by atoms with Crippen LogP contribution in [-0.2, 0) is 28.3 Å². The van der Waals surface area contributed by atoms with Gasteiger partial charge in [0.2, 0.25) is 0 Å². The van der Waals surface area contributed by atoms with Crippen LogP contribution in [0.15, 0.2) is 106 Å². The van der Waals surface area contributed by atoms with Crippen LogP contribution >= 0.6 is 0 Å². The fourth-order valence-corrected chi connectivity index (χ4v) is 5.59. The van der Waals surface area contributed by atoms with E-state index in [1.54, 1.807) is 0 Å². The third-order valence-corrected chi connectivity index (χ3v) is 8.38. The topological polar surface area (TPSA) is 182 Å². The van der Waals surface area contributed by atoms with Gasteiger partial charge in [-0.1, -0.05) is 24.3 Å². The summed E-state index contributed by atoms with van der Waals surface area (Å²) in [6.45, 7) is 0. The van der Waals surface area contributed by atoms with Gasteiger partial charge in [0.25, 0.3) is 21.5 Å². The van der Waals surface area contributed by atoms with Gasteiger partial charge in [-0.05, 0) is 41.5 Å². The molecular weight excluding hydrogens is 638 g/mol. The van der Waals surface area contributed by atoms with E-state index in [2.05, 4.69) is 15.3 Å². The SMILES string of the molecule is Cn1ccc(=O)n(-c2ccc(C[C@H](NC(=O)c3cc(F)c(NS(=O)(=O)c4ccc(-c5cncnc5)cc4)cc3F)C(=O)O)cc2)c1=O. The molecule has 0 radical (unpaired) electrons. The fourth-order valence-electron chi connectivity index (χ4n) is 4.53. The van der Waals surface area contributed by atoms with Gasteiger partial charge >= 0.3 is 11.7 Å². The number of carbonyl (C=O) groups is 2. The van der Waals surface area contributed by atoms with Gasteiger partial charge in [-0.15, -0.1) is 0 Å². The molecule has 240 valence electrons. The number of sulfonamides is 1. The number of aliphatic carboxylic acids is 1. The van der Waals surface area contributed by atoms with E-state index in [0.717, 1.165) is 4.57 Å². The normalized spacial score (nSPS) is 11.9. The van der Waals surface area contributed by atoms with E-state index in [9.17, 15) is 41.5 Å². The first-order chi connectivity index (χ1) is 22.3. The fraction of sp³-hybridized carbons (Fsp3) is 0.0968. The largest absolute Gasteiger partial charge is 0.480 e. The Labute approximate surface area is 264 Å². The van der Waals surface area contributed by atoms with Crippen molar-refractivity contribution in [2.75, 3.05) is 4.72 Å². The Bertz CT molecular complexity index is 2210. The average Bonchev–Trinajstić information content (AvgIpc) is 3.05. The molecule has 0 unspecified atom stereocenters. The minimum absolute atomic E-state index is 0.225. The van der Waals surface area contributed by atoms with Crippen LogP contribution in [0.3, 0.4) is 0 Å². The number of amides is 1. The predicted molar refractivity (Wildman–Crippen MR) is 165 cm³/mol. The second-order valence-corrected chi connectivity index (χ2v) is 11.9. The predicted octanol–water partition coefficient (Wildman–Crippen LogP) is 2.50. The van der Waals surface area contributed by atoms with Crippen molar-refractivity contribution in [1.82, 2.24) is 24.4 Å². The molecule has 5 rings (SSSR count). The minimum Gasteiger partial charge on any atom is -0.480 e. The zero-order chi connectivity index (χ0) is 33.9. The van der Waals surface area contributed by atoms with Crippen LogP contribution in [0.2, 0.25) is 0 Å². The first-order valence-corrected chi connectivity index (χ1v) is 15.1. The van der Waals surface area contributed by atoms with E-state index in [-0.39, 0.29) is 17.0 Å². The highest BCUT2D eigenvalue weighted by Gasteiger charge is 2.25. The monoisotopic (exact) mass is 662 g/mol. The third kappa shape index (κ3) is 7.12. The number of hydrogen-bond donors (Lipinski definition) is 3. The Kier molecular flexibility index (Phi) is 9.05. The Morgan fingerprint density at radius 1 is 0.915 bits per heavy atom. The Morgan fingerprint density at radius 3 is 2.21 bits per heavy atom. The van der Waals surface area contributed by atoms with Crippen LogP contribution in [-0.4, -0.2) is 50.5 Å². The zero-order valence-electron chi connectivity index (χ0n) is 24.3. The van der Waals surface area contributed by atoms with Crippen molar-refractivity contribution >= 4 is 27.6 Å². The Hall–Kier alpha value is -6.03. The molecule has 0 fully saturated rings. The van der Waals surface area contributed by atoms with Crippen LogP contribution in [0, 0.1) is 11.6 Å². The van der Waals surface area contributed by atoms with Crippen molar-refractivity contribution in [2.45, 2.75) is 17.4 Å². The second-order valence-electron chi connectivity index (χ2n) is 10.2. The summed E-state index contributed by atoms with van der Waals surface area (Å²) in [5.41, 5.74) is -0.955. The molecule has 1 atom stereocenters. The molecule has 13 nitrogen and oxygen atoms in total. The first kappa shape index (κ1) is 32.4. The summed E-state index contributed by atoms with van der Waals surface area (Å²) in [7, 11) is -2.91. The number of hydrogen-bond acceptors (Lipinski definition) is 8. The van der Waals surface area contributed by atoms with Crippen LogP contribution in [0.25, 0.3) is 16.8 Å². The summed E-state index contributed by atoms with van der Waals surface area (Å²) in [5, 5.41) is 11.8. The van der Waals surface area contributed by atoms with Crippen LogP contribution in [0.4, 0.5) is 14.5 Å². The highest BCUT2D eigenvalue weighted by molar-refractivity contribution is 7.92. The summed E-state index contributed by atoms with van der Waals surface area (Å²) in [4.78, 5) is 56.9. The Balaban J connectivity index is 1.29. The molecule has 1 amide bonds. The summed E-state index contributed by atoms with van der Waals surface area (Å²) in [6, 6.07) is 11.7. The molecule has 0 bridgehead atoms. The summed E-state index contributed by atoms with van der Waals surface area (Å²) < 4.78 is 59.8. The van der Waals surface area contributed by atoms with Gasteiger partial charge in [0.05, 0.1) is 21.8 Å². The lowest BCUT2D eigenvalue weighted by atomic mass is 10.0. The lowest BCUT2D eigenvalue weighted by Crippen LogP contribution is -2.42. The molecule has 3 aromatic carbocycles.